The Labute approximate surface area is 292 Å². The minimum Gasteiger partial charge on any atom is -0.489 e. The zero-order valence-electron chi connectivity index (χ0n) is 28.2. The summed E-state index contributed by atoms with van der Waals surface area (Å²) in [6.07, 6.45) is 5.87. The zero-order valence-corrected chi connectivity index (χ0v) is 28.2. The van der Waals surface area contributed by atoms with E-state index in [2.05, 4.69) is 39.4 Å². The van der Waals surface area contributed by atoms with Gasteiger partial charge in [-0.05, 0) is 46.5 Å². The van der Waals surface area contributed by atoms with Crippen molar-refractivity contribution in [1.29, 1.82) is 0 Å². The second kappa shape index (κ2) is 17.4. The molecule has 3 amide bonds. The van der Waals surface area contributed by atoms with Crippen LogP contribution < -0.4 is 15.4 Å². The van der Waals surface area contributed by atoms with Gasteiger partial charge in [0.15, 0.2) is 0 Å². The van der Waals surface area contributed by atoms with Gasteiger partial charge in [-0.3, -0.25) is 14.6 Å². The van der Waals surface area contributed by atoms with Gasteiger partial charge in [-0.2, -0.15) is 0 Å². The molecule has 3 N–H and O–H groups in total. The Hall–Kier alpha value is -5.97. The molecule has 0 spiro atoms. The van der Waals surface area contributed by atoms with Crippen molar-refractivity contribution in [3.05, 3.63) is 150 Å². The highest BCUT2D eigenvalue weighted by atomic mass is 16.5. The zero-order chi connectivity index (χ0) is 35.2. The van der Waals surface area contributed by atoms with Gasteiger partial charge in [-0.1, -0.05) is 86.6 Å². The predicted molar refractivity (Wildman–Crippen MR) is 189 cm³/mol. The van der Waals surface area contributed by atoms with Crippen LogP contribution in [-0.2, 0) is 45.9 Å². The van der Waals surface area contributed by atoms with Crippen LogP contribution in [0.25, 0.3) is 0 Å². The number of aromatic amines is 1. The maximum Gasteiger partial charge on any atom is 0.408 e. The molecule has 0 fully saturated rings. The molecule has 0 aliphatic heterocycles. The molecule has 2 heterocycles. The molecular weight excluding hydrogens is 632 g/mol. The predicted octanol–water partition coefficient (Wildman–Crippen LogP) is 5.34. The van der Waals surface area contributed by atoms with Crippen molar-refractivity contribution < 1.29 is 23.9 Å². The number of imidazole rings is 1. The molecule has 5 aromatic rings. The Kier molecular flexibility index (Phi) is 12.3. The first kappa shape index (κ1) is 35.3. The number of carbonyl (C=O) groups excluding carboxylic acids is 3. The lowest BCUT2D eigenvalue weighted by atomic mass is 9.84. The average molecular weight is 675 g/mol. The van der Waals surface area contributed by atoms with E-state index in [1.54, 1.807) is 18.6 Å². The number of pyridine rings is 1. The van der Waals surface area contributed by atoms with Gasteiger partial charge < -0.3 is 30.0 Å². The number of aromatic nitrogens is 3. The Morgan fingerprint density at radius 1 is 0.820 bits per heavy atom. The van der Waals surface area contributed by atoms with Crippen molar-refractivity contribution in [2.24, 2.45) is 0 Å². The van der Waals surface area contributed by atoms with Gasteiger partial charge in [0.1, 0.15) is 25.0 Å². The number of amides is 3. The summed E-state index contributed by atoms with van der Waals surface area (Å²) < 4.78 is 11.4. The van der Waals surface area contributed by atoms with Crippen LogP contribution in [-0.4, -0.2) is 56.9 Å². The molecule has 0 aliphatic rings. The third-order valence-electron chi connectivity index (χ3n) is 8.16. The molecule has 3 aromatic carbocycles. The molecule has 1 unspecified atom stereocenters. The standard InChI is InChI=1S/C39H42N6O5/c1-39(2,32-11-7-4-8-12-32)27-42-36(46)24-45(23-29-13-15-34(16-14-29)49-25-31-17-19-40-20-18-31)37(47)35(21-33-22-41-28-43-33)44-38(48)50-26-30-9-5-3-6-10-30/h3-20,22,28,35H,21,23-27H2,1-2H3,(H,41,43)(H,42,46)(H,44,48). The lowest BCUT2D eigenvalue weighted by Gasteiger charge is -2.29. The van der Waals surface area contributed by atoms with Crippen LogP contribution in [0.3, 0.4) is 0 Å². The van der Waals surface area contributed by atoms with E-state index in [-0.39, 0.29) is 37.4 Å². The summed E-state index contributed by atoms with van der Waals surface area (Å²) in [6.45, 7) is 4.76. The molecule has 1 atom stereocenters. The van der Waals surface area contributed by atoms with Crippen molar-refractivity contribution in [1.82, 2.24) is 30.5 Å². The van der Waals surface area contributed by atoms with Crippen LogP contribution in [0.5, 0.6) is 5.75 Å². The van der Waals surface area contributed by atoms with Crippen LogP contribution in [0.4, 0.5) is 4.79 Å². The first-order valence-electron chi connectivity index (χ1n) is 16.4. The lowest BCUT2D eigenvalue weighted by Crippen LogP contribution is -2.52. The maximum atomic E-state index is 14.3. The molecule has 11 heteroatoms. The smallest absolute Gasteiger partial charge is 0.408 e. The van der Waals surface area contributed by atoms with E-state index < -0.39 is 18.0 Å². The summed E-state index contributed by atoms with van der Waals surface area (Å²) in [6, 6.07) is 29.3. The Balaban J connectivity index is 1.31. The first-order chi connectivity index (χ1) is 24.2. The van der Waals surface area contributed by atoms with Crippen LogP contribution in [0.2, 0.25) is 0 Å². The lowest BCUT2D eigenvalue weighted by molar-refractivity contribution is -0.138. The molecule has 0 bridgehead atoms. The van der Waals surface area contributed by atoms with Crippen molar-refractivity contribution in [2.45, 2.75) is 51.5 Å². The molecular formula is C39H42N6O5. The maximum absolute atomic E-state index is 14.3. The highest BCUT2D eigenvalue weighted by molar-refractivity contribution is 5.89. The summed E-state index contributed by atoms with van der Waals surface area (Å²) in [4.78, 5) is 53.3. The molecule has 5 rings (SSSR count). The second-order valence-corrected chi connectivity index (χ2v) is 12.5. The van der Waals surface area contributed by atoms with Crippen molar-refractivity contribution >= 4 is 17.9 Å². The fourth-order valence-electron chi connectivity index (χ4n) is 5.25. The highest BCUT2D eigenvalue weighted by Crippen LogP contribution is 2.22. The van der Waals surface area contributed by atoms with E-state index in [4.69, 9.17) is 9.47 Å². The number of ether oxygens (including phenoxy) is 2. The number of hydrogen-bond donors (Lipinski definition) is 3. The van der Waals surface area contributed by atoms with Crippen molar-refractivity contribution in [3.63, 3.8) is 0 Å². The van der Waals surface area contributed by atoms with Gasteiger partial charge in [0.25, 0.3) is 0 Å². The summed E-state index contributed by atoms with van der Waals surface area (Å²) in [5.41, 5.74) is 3.95. The molecule has 2 aromatic heterocycles. The summed E-state index contributed by atoms with van der Waals surface area (Å²) >= 11 is 0. The number of benzene rings is 3. The Morgan fingerprint density at radius 2 is 1.50 bits per heavy atom. The van der Waals surface area contributed by atoms with Crippen LogP contribution >= 0.6 is 0 Å². The Bertz CT molecular complexity index is 1780. The van der Waals surface area contributed by atoms with Crippen molar-refractivity contribution in [2.75, 3.05) is 13.1 Å². The van der Waals surface area contributed by atoms with E-state index in [0.29, 0.717) is 24.6 Å². The van der Waals surface area contributed by atoms with Crippen molar-refractivity contribution in [3.8, 4) is 5.75 Å². The molecule has 50 heavy (non-hydrogen) atoms. The summed E-state index contributed by atoms with van der Waals surface area (Å²) in [7, 11) is 0. The quantitative estimate of drug-likeness (QED) is 0.128. The van der Waals surface area contributed by atoms with Gasteiger partial charge in [0.2, 0.25) is 11.8 Å². The fourth-order valence-corrected chi connectivity index (χ4v) is 5.25. The van der Waals surface area contributed by atoms with E-state index in [9.17, 15) is 14.4 Å². The largest absolute Gasteiger partial charge is 0.489 e. The van der Waals surface area contributed by atoms with Gasteiger partial charge >= 0.3 is 6.09 Å². The minimum absolute atomic E-state index is 0.0382. The van der Waals surface area contributed by atoms with Gasteiger partial charge in [0, 0.05) is 49.2 Å². The molecule has 0 saturated heterocycles. The number of H-pyrrole nitrogens is 1. The normalized spacial score (nSPS) is 11.6. The van der Waals surface area contributed by atoms with Crippen LogP contribution in [0.15, 0.2) is 122 Å². The number of carbonyl (C=O) groups is 3. The highest BCUT2D eigenvalue weighted by Gasteiger charge is 2.30. The van der Waals surface area contributed by atoms with E-state index in [0.717, 1.165) is 22.3 Å². The van der Waals surface area contributed by atoms with E-state index >= 15 is 0 Å². The molecule has 11 nitrogen and oxygen atoms in total. The molecule has 258 valence electrons. The molecule has 0 aliphatic carbocycles. The third kappa shape index (κ3) is 10.8. The minimum atomic E-state index is -1.05. The average Bonchev–Trinajstić information content (AvgIpc) is 3.66. The number of hydrogen-bond acceptors (Lipinski definition) is 7. The topological polar surface area (TPSA) is 139 Å². The van der Waals surface area contributed by atoms with E-state index in [1.807, 2.05) is 97.1 Å². The van der Waals surface area contributed by atoms with E-state index in [1.165, 1.54) is 11.2 Å². The second-order valence-electron chi connectivity index (χ2n) is 12.5. The monoisotopic (exact) mass is 674 g/mol. The number of nitrogens with one attached hydrogen (secondary N) is 3. The fraction of sp³-hybridized carbons (Fsp3) is 0.256. The summed E-state index contributed by atoms with van der Waals surface area (Å²) in [5, 5.41) is 5.74. The Morgan fingerprint density at radius 3 is 2.18 bits per heavy atom. The first-order valence-corrected chi connectivity index (χ1v) is 16.4. The van der Waals surface area contributed by atoms with Gasteiger partial charge in [-0.15, -0.1) is 0 Å². The SMILES string of the molecule is CC(C)(CNC(=O)CN(Cc1ccc(OCc2ccncc2)cc1)C(=O)C(Cc1cnc[nH]1)NC(=O)OCc1ccccc1)c1ccccc1. The van der Waals surface area contributed by atoms with Crippen LogP contribution in [0, 0.1) is 0 Å². The third-order valence-corrected chi connectivity index (χ3v) is 8.16. The van der Waals surface area contributed by atoms with Gasteiger partial charge in [-0.25, -0.2) is 9.78 Å². The number of alkyl carbamates (subject to hydrolysis) is 1. The number of rotatable bonds is 16. The van der Waals surface area contributed by atoms with Crippen LogP contribution in [0.1, 0.15) is 41.8 Å². The molecule has 0 radical (unpaired) electrons. The molecule has 0 saturated carbocycles. The number of nitrogens with zero attached hydrogens (tertiary/aromatic N) is 3. The summed E-state index contributed by atoms with van der Waals surface area (Å²) in [5.74, 6) is -0.123. The van der Waals surface area contributed by atoms with Gasteiger partial charge in [0.05, 0.1) is 12.9 Å².